The summed E-state index contributed by atoms with van der Waals surface area (Å²) < 4.78 is 1.88. The molecular weight excluding hydrogens is 270 g/mol. The van der Waals surface area contributed by atoms with Gasteiger partial charge in [-0.25, -0.2) is 4.68 Å². The predicted octanol–water partition coefficient (Wildman–Crippen LogP) is 2.27. The second kappa shape index (κ2) is 4.87. The van der Waals surface area contributed by atoms with Gasteiger partial charge in [-0.3, -0.25) is 0 Å². The molecule has 0 radical (unpaired) electrons. The van der Waals surface area contributed by atoms with Gasteiger partial charge in [0.15, 0.2) is 0 Å². The fraction of sp³-hybridized carbons (Fsp3) is 0.364. The van der Waals surface area contributed by atoms with E-state index in [0.717, 1.165) is 28.5 Å². The average molecular weight is 282 g/mol. The Morgan fingerprint density at radius 3 is 3.00 bits per heavy atom. The number of hydrogen-bond donors (Lipinski definition) is 1. The molecule has 1 aromatic carbocycles. The van der Waals surface area contributed by atoms with Gasteiger partial charge in [0.1, 0.15) is 0 Å². The Hall–Kier alpha value is -1.11. The van der Waals surface area contributed by atoms with Crippen LogP contribution in [0.2, 0.25) is 5.02 Å². The van der Waals surface area contributed by atoms with Crippen LogP contribution in [-0.4, -0.2) is 20.2 Å². The fourth-order valence-electron chi connectivity index (χ4n) is 1.69. The molecule has 0 amide bonds. The van der Waals surface area contributed by atoms with Crippen LogP contribution in [0, 0.1) is 0 Å². The van der Waals surface area contributed by atoms with E-state index in [1.807, 2.05) is 22.9 Å². The Morgan fingerprint density at radius 1 is 1.44 bits per heavy atom. The van der Waals surface area contributed by atoms with Crippen molar-refractivity contribution in [1.82, 2.24) is 20.2 Å². The van der Waals surface area contributed by atoms with Crippen LogP contribution in [0.4, 0.5) is 0 Å². The maximum absolute atomic E-state index is 6.02. The molecule has 0 aliphatic heterocycles. The van der Waals surface area contributed by atoms with Crippen LogP contribution in [0.3, 0.4) is 0 Å². The van der Waals surface area contributed by atoms with E-state index in [1.54, 1.807) is 0 Å². The Balaban J connectivity index is 1.91. The van der Waals surface area contributed by atoms with Crippen molar-refractivity contribution < 1.29 is 0 Å². The van der Waals surface area contributed by atoms with Crippen molar-refractivity contribution in [2.45, 2.75) is 35.5 Å². The number of aromatic nitrogens is 4. The van der Waals surface area contributed by atoms with Crippen LogP contribution < -0.4 is 5.73 Å². The lowest BCUT2D eigenvalue weighted by molar-refractivity contribution is 0.565. The molecule has 0 bridgehead atoms. The van der Waals surface area contributed by atoms with Crippen molar-refractivity contribution in [2.24, 2.45) is 5.73 Å². The average Bonchev–Trinajstić information content (AvgIpc) is 3.11. The number of rotatable bonds is 4. The van der Waals surface area contributed by atoms with Crippen LogP contribution in [-0.2, 0) is 6.54 Å². The standard InChI is InChI=1S/C11H12ClN5S/c12-8-2-1-7(6-13)10(5-8)18-11-14-15-16-17(11)9-3-4-9/h1-2,5,9H,3-4,6,13H2. The van der Waals surface area contributed by atoms with Crippen LogP contribution in [0.1, 0.15) is 24.4 Å². The molecule has 5 nitrogen and oxygen atoms in total. The first-order valence-electron chi connectivity index (χ1n) is 5.72. The fourth-order valence-corrected chi connectivity index (χ4v) is 2.95. The lowest BCUT2D eigenvalue weighted by Crippen LogP contribution is -2.01. The second-order valence-electron chi connectivity index (χ2n) is 4.20. The van der Waals surface area contributed by atoms with Crippen molar-refractivity contribution in [3.05, 3.63) is 28.8 Å². The summed E-state index contributed by atoms with van der Waals surface area (Å²) in [6.07, 6.45) is 2.30. The molecule has 2 aromatic rings. The third kappa shape index (κ3) is 2.36. The molecule has 0 saturated heterocycles. The van der Waals surface area contributed by atoms with E-state index < -0.39 is 0 Å². The van der Waals surface area contributed by atoms with E-state index >= 15 is 0 Å². The van der Waals surface area contributed by atoms with Crippen molar-refractivity contribution >= 4 is 23.4 Å². The summed E-state index contributed by atoms with van der Waals surface area (Å²) in [5.74, 6) is 0. The van der Waals surface area contributed by atoms with Crippen LogP contribution in [0.15, 0.2) is 28.3 Å². The van der Waals surface area contributed by atoms with Crippen molar-refractivity contribution in [3.63, 3.8) is 0 Å². The van der Waals surface area contributed by atoms with Gasteiger partial charge in [-0.2, -0.15) is 0 Å². The van der Waals surface area contributed by atoms with Crippen molar-refractivity contribution in [3.8, 4) is 0 Å². The normalized spacial score (nSPS) is 15.0. The van der Waals surface area contributed by atoms with Gasteiger partial charge in [0.2, 0.25) is 5.16 Å². The molecule has 0 atom stereocenters. The Kier molecular flexibility index (Phi) is 3.23. The van der Waals surface area contributed by atoms with E-state index in [9.17, 15) is 0 Å². The topological polar surface area (TPSA) is 69.6 Å². The molecule has 1 heterocycles. The molecule has 1 aromatic heterocycles. The van der Waals surface area contributed by atoms with E-state index in [-0.39, 0.29) is 0 Å². The maximum Gasteiger partial charge on any atom is 0.214 e. The number of nitrogens with two attached hydrogens (primary N) is 1. The van der Waals surface area contributed by atoms with Crippen LogP contribution >= 0.6 is 23.4 Å². The highest BCUT2D eigenvalue weighted by atomic mass is 35.5. The van der Waals surface area contributed by atoms with E-state index in [0.29, 0.717) is 17.6 Å². The van der Waals surface area contributed by atoms with Gasteiger partial charge in [0, 0.05) is 16.5 Å². The summed E-state index contributed by atoms with van der Waals surface area (Å²) in [4.78, 5) is 1.02. The lowest BCUT2D eigenvalue weighted by Gasteiger charge is -2.07. The van der Waals surface area contributed by atoms with Gasteiger partial charge in [0.05, 0.1) is 6.04 Å². The van der Waals surface area contributed by atoms with Gasteiger partial charge < -0.3 is 5.73 Å². The summed E-state index contributed by atoms with van der Waals surface area (Å²) >= 11 is 7.53. The first-order valence-corrected chi connectivity index (χ1v) is 6.91. The largest absolute Gasteiger partial charge is 0.326 e. The molecule has 2 N–H and O–H groups in total. The minimum absolute atomic E-state index is 0.461. The Bertz CT molecular complexity index is 566. The van der Waals surface area contributed by atoms with Gasteiger partial charge in [0.25, 0.3) is 0 Å². The zero-order valence-corrected chi connectivity index (χ0v) is 11.2. The molecule has 3 rings (SSSR count). The summed E-state index contributed by atoms with van der Waals surface area (Å²) in [6, 6.07) is 6.15. The highest BCUT2D eigenvalue weighted by molar-refractivity contribution is 7.99. The van der Waals surface area contributed by atoms with E-state index in [4.69, 9.17) is 17.3 Å². The van der Waals surface area contributed by atoms with Crippen LogP contribution in [0.5, 0.6) is 0 Å². The van der Waals surface area contributed by atoms with Gasteiger partial charge >= 0.3 is 0 Å². The third-order valence-electron chi connectivity index (χ3n) is 2.81. The number of benzene rings is 1. The minimum Gasteiger partial charge on any atom is -0.326 e. The van der Waals surface area contributed by atoms with Crippen LogP contribution in [0.25, 0.3) is 0 Å². The predicted molar refractivity (Wildman–Crippen MR) is 69.6 cm³/mol. The van der Waals surface area contributed by atoms with E-state index in [2.05, 4.69) is 15.5 Å². The van der Waals surface area contributed by atoms with Gasteiger partial charge in [-0.1, -0.05) is 17.7 Å². The molecule has 94 valence electrons. The summed E-state index contributed by atoms with van der Waals surface area (Å²) in [7, 11) is 0. The Labute approximate surface area is 114 Å². The highest BCUT2D eigenvalue weighted by Gasteiger charge is 2.28. The first-order chi connectivity index (χ1) is 8.78. The molecule has 7 heteroatoms. The third-order valence-corrected chi connectivity index (χ3v) is 4.09. The van der Waals surface area contributed by atoms with Gasteiger partial charge in [-0.05, 0) is 52.7 Å². The first kappa shape index (κ1) is 12.0. The Morgan fingerprint density at radius 2 is 2.28 bits per heavy atom. The molecule has 0 spiro atoms. The van der Waals surface area contributed by atoms with Crippen molar-refractivity contribution in [1.29, 1.82) is 0 Å². The quantitative estimate of drug-likeness (QED) is 0.931. The molecule has 1 aliphatic carbocycles. The zero-order chi connectivity index (χ0) is 12.5. The summed E-state index contributed by atoms with van der Waals surface area (Å²) in [5.41, 5.74) is 6.78. The number of hydrogen-bond acceptors (Lipinski definition) is 5. The number of tetrazole rings is 1. The SMILES string of the molecule is NCc1ccc(Cl)cc1Sc1nnnn1C1CC1. The molecule has 1 saturated carbocycles. The zero-order valence-electron chi connectivity index (χ0n) is 9.58. The van der Waals surface area contributed by atoms with Gasteiger partial charge in [-0.15, -0.1) is 5.10 Å². The molecule has 18 heavy (non-hydrogen) atoms. The minimum atomic E-state index is 0.461. The number of nitrogens with zero attached hydrogens (tertiary/aromatic N) is 4. The van der Waals surface area contributed by atoms with E-state index in [1.165, 1.54) is 11.8 Å². The molecular formula is C11H12ClN5S. The smallest absolute Gasteiger partial charge is 0.214 e. The summed E-state index contributed by atoms with van der Waals surface area (Å²) in [6.45, 7) is 0.477. The molecule has 1 aliphatic rings. The summed E-state index contributed by atoms with van der Waals surface area (Å²) in [5, 5.41) is 13.3. The number of halogens is 1. The molecule has 0 unspecified atom stereocenters. The lowest BCUT2D eigenvalue weighted by atomic mass is 10.2. The maximum atomic E-state index is 6.02. The molecule has 1 fully saturated rings. The second-order valence-corrected chi connectivity index (χ2v) is 5.64. The van der Waals surface area contributed by atoms with Crippen molar-refractivity contribution in [2.75, 3.05) is 0 Å². The highest BCUT2D eigenvalue weighted by Crippen LogP contribution is 2.39. The monoisotopic (exact) mass is 281 g/mol.